The van der Waals surface area contributed by atoms with Gasteiger partial charge in [0.15, 0.2) is 0 Å². The first kappa shape index (κ1) is 16.0. The SMILES string of the molecule is CCCN(C)Cc1cn[nH]c1-c1ccc(N2CCOCC2)cc1. The lowest BCUT2D eigenvalue weighted by molar-refractivity contribution is 0.122. The van der Waals surface area contributed by atoms with Gasteiger partial charge in [0.25, 0.3) is 0 Å². The van der Waals surface area contributed by atoms with Gasteiger partial charge in [0.2, 0.25) is 0 Å². The van der Waals surface area contributed by atoms with Gasteiger partial charge in [-0.3, -0.25) is 5.10 Å². The summed E-state index contributed by atoms with van der Waals surface area (Å²) in [4.78, 5) is 4.70. The van der Waals surface area contributed by atoms with E-state index in [0.717, 1.165) is 51.5 Å². The molecule has 1 N–H and O–H groups in total. The zero-order valence-corrected chi connectivity index (χ0v) is 14.1. The molecule has 1 aromatic carbocycles. The first-order chi connectivity index (χ1) is 11.3. The van der Waals surface area contributed by atoms with Crippen molar-refractivity contribution in [2.75, 3.05) is 44.8 Å². The predicted octanol–water partition coefficient (Wildman–Crippen LogP) is 2.76. The molecule has 23 heavy (non-hydrogen) atoms. The lowest BCUT2D eigenvalue weighted by Gasteiger charge is -2.28. The number of aromatic amines is 1. The van der Waals surface area contributed by atoms with Crippen molar-refractivity contribution in [2.45, 2.75) is 19.9 Å². The Bertz CT molecular complexity index is 602. The van der Waals surface area contributed by atoms with Crippen molar-refractivity contribution in [3.05, 3.63) is 36.0 Å². The Morgan fingerprint density at radius 2 is 1.96 bits per heavy atom. The number of aromatic nitrogens is 2. The van der Waals surface area contributed by atoms with Crippen LogP contribution in [0.4, 0.5) is 5.69 Å². The highest BCUT2D eigenvalue weighted by Gasteiger charge is 2.13. The van der Waals surface area contributed by atoms with Crippen LogP contribution in [0.15, 0.2) is 30.5 Å². The summed E-state index contributed by atoms with van der Waals surface area (Å²) < 4.78 is 5.42. The Hall–Kier alpha value is -1.85. The number of nitrogens with one attached hydrogen (secondary N) is 1. The fourth-order valence-corrected chi connectivity index (χ4v) is 3.09. The van der Waals surface area contributed by atoms with E-state index in [0.29, 0.717) is 0 Å². The van der Waals surface area contributed by atoms with E-state index < -0.39 is 0 Å². The van der Waals surface area contributed by atoms with Gasteiger partial charge in [-0.2, -0.15) is 5.10 Å². The van der Waals surface area contributed by atoms with Crippen LogP contribution >= 0.6 is 0 Å². The zero-order valence-electron chi connectivity index (χ0n) is 14.1. The summed E-state index contributed by atoms with van der Waals surface area (Å²) in [5.74, 6) is 0. The van der Waals surface area contributed by atoms with Gasteiger partial charge < -0.3 is 14.5 Å². The van der Waals surface area contributed by atoms with E-state index in [2.05, 4.69) is 58.2 Å². The van der Waals surface area contributed by atoms with Crippen molar-refractivity contribution in [3.8, 4) is 11.3 Å². The van der Waals surface area contributed by atoms with Gasteiger partial charge in [0, 0.05) is 36.4 Å². The normalized spacial score (nSPS) is 15.3. The van der Waals surface area contributed by atoms with Gasteiger partial charge in [-0.25, -0.2) is 0 Å². The highest BCUT2D eigenvalue weighted by molar-refractivity contribution is 5.65. The summed E-state index contributed by atoms with van der Waals surface area (Å²) in [6, 6.07) is 8.76. The number of anilines is 1. The lowest BCUT2D eigenvalue weighted by Crippen LogP contribution is -2.36. The number of rotatable bonds is 6. The first-order valence-electron chi connectivity index (χ1n) is 8.42. The molecule has 124 valence electrons. The van der Waals surface area contributed by atoms with Gasteiger partial charge in [-0.1, -0.05) is 19.1 Å². The van der Waals surface area contributed by atoms with E-state index in [1.54, 1.807) is 0 Å². The molecule has 0 unspecified atom stereocenters. The third-order valence-corrected chi connectivity index (χ3v) is 4.30. The molecule has 1 aliphatic rings. The smallest absolute Gasteiger partial charge is 0.0695 e. The Morgan fingerprint density at radius 1 is 1.22 bits per heavy atom. The molecule has 0 saturated carbocycles. The van der Waals surface area contributed by atoms with E-state index >= 15 is 0 Å². The van der Waals surface area contributed by atoms with Crippen LogP contribution in [-0.2, 0) is 11.3 Å². The Balaban J connectivity index is 1.73. The number of hydrogen-bond donors (Lipinski definition) is 1. The second-order valence-corrected chi connectivity index (χ2v) is 6.15. The van der Waals surface area contributed by atoms with E-state index in [4.69, 9.17) is 4.74 Å². The predicted molar refractivity (Wildman–Crippen MR) is 93.7 cm³/mol. The summed E-state index contributed by atoms with van der Waals surface area (Å²) in [5, 5.41) is 7.40. The molecule has 2 aromatic rings. The number of hydrogen-bond acceptors (Lipinski definition) is 4. The number of ether oxygens (including phenoxy) is 1. The van der Waals surface area contributed by atoms with Gasteiger partial charge >= 0.3 is 0 Å². The zero-order chi connectivity index (χ0) is 16.1. The molecule has 1 aliphatic heterocycles. The molecule has 0 atom stereocenters. The van der Waals surface area contributed by atoms with Crippen LogP contribution in [0.1, 0.15) is 18.9 Å². The van der Waals surface area contributed by atoms with E-state index in [9.17, 15) is 0 Å². The average molecular weight is 314 g/mol. The minimum absolute atomic E-state index is 0.816. The second kappa shape index (κ2) is 7.62. The molecule has 0 spiro atoms. The van der Waals surface area contributed by atoms with Crippen LogP contribution in [-0.4, -0.2) is 55.0 Å². The molecular formula is C18H26N4O. The van der Waals surface area contributed by atoms with Crippen molar-refractivity contribution in [1.29, 1.82) is 0 Å². The van der Waals surface area contributed by atoms with Crippen LogP contribution in [0, 0.1) is 0 Å². The lowest BCUT2D eigenvalue weighted by atomic mass is 10.1. The van der Waals surface area contributed by atoms with Gasteiger partial charge in [0.05, 0.1) is 25.1 Å². The van der Waals surface area contributed by atoms with Crippen LogP contribution in [0.2, 0.25) is 0 Å². The van der Waals surface area contributed by atoms with Gasteiger partial charge in [-0.05, 0) is 32.1 Å². The molecule has 5 heteroatoms. The summed E-state index contributed by atoms with van der Waals surface area (Å²) in [6.07, 6.45) is 3.11. The third kappa shape index (κ3) is 3.92. The van der Waals surface area contributed by atoms with Gasteiger partial charge in [-0.15, -0.1) is 0 Å². The molecule has 0 amide bonds. The van der Waals surface area contributed by atoms with Crippen molar-refractivity contribution < 1.29 is 4.74 Å². The maximum absolute atomic E-state index is 5.42. The minimum atomic E-state index is 0.816. The van der Waals surface area contributed by atoms with E-state index in [1.807, 2.05) is 6.20 Å². The maximum atomic E-state index is 5.42. The maximum Gasteiger partial charge on any atom is 0.0695 e. The largest absolute Gasteiger partial charge is 0.378 e. The number of morpholine rings is 1. The standard InChI is InChI=1S/C18H26N4O/c1-3-8-21(2)14-16-13-19-20-18(16)15-4-6-17(7-5-15)22-9-11-23-12-10-22/h4-7,13H,3,8-12,14H2,1-2H3,(H,19,20). The van der Waals surface area contributed by atoms with Crippen LogP contribution in [0.5, 0.6) is 0 Å². The topological polar surface area (TPSA) is 44.4 Å². The minimum Gasteiger partial charge on any atom is -0.378 e. The van der Waals surface area contributed by atoms with Gasteiger partial charge in [0.1, 0.15) is 0 Å². The summed E-state index contributed by atoms with van der Waals surface area (Å²) in [6.45, 7) is 7.79. The molecule has 3 rings (SSSR count). The highest BCUT2D eigenvalue weighted by Crippen LogP contribution is 2.25. The molecule has 0 aliphatic carbocycles. The molecular weight excluding hydrogens is 288 g/mol. The number of benzene rings is 1. The van der Waals surface area contributed by atoms with Crippen LogP contribution < -0.4 is 4.90 Å². The van der Waals surface area contributed by atoms with Crippen LogP contribution in [0.3, 0.4) is 0 Å². The van der Waals surface area contributed by atoms with E-state index in [1.165, 1.54) is 16.8 Å². The average Bonchev–Trinajstić information content (AvgIpc) is 3.04. The molecule has 0 bridgehead atoms. The molecule has 2 heterocycles. The van der Waals surface area contributed by atoms with Crippen molar-refractivity contribution in [3.63, 3.8) is 0 Å². The Labute approximate surface area is 138 Å². The fraction of sp³-hybridized carbons (Fsp3) is 0.500. The molecule has 1 aromatic heterocycles. The monoisotopic (exact) mass is 314 g/mol. The van der Waals surface area contributed by atoms with E-state index in [-0.39, 0.29) is 0 Å². The summed E-state index contributed by atoms with van der Waals surface area (Å²) in [7, 11) is 2.15. The molecule has 1 saturated heterocycles. The third-order valence-electron chi connectivity index (χ3n) is 4.30. The van der Waals surface area contributed by atoms with Crippen LogP contribution in [0.25, 0.3) is 11.3 Å². The van der Waals surface area contributed by atoms with Crippen molar-refractivity contribution in [2.24, 2.45) is 0 Å². The van der Waals surface area contributed by atoms with Crippen molar-refractivity contribution >= 4 is 5.69 Å². The van der Waals surface area contributed by atoms with Crippen molar-refractivity contribution in [1.82, 2.24) is 15.1 Å². The highest BCUT2D eigenvalue weighted by atomic mass is 16.5. The Kier molecular flexibility index (Phi) is 5.31. The summed E-state index contributed by atoms with van der Waals surface area (Å²) in [5.41, 5.74) is 4.84. The Morgan fingerprint density at radius 3 is 2.65 bits per heavy atom. The fourth-order valence-electron chi connectivity index (χ4n) is 3.09. The molecule has 5 nitrogen and oxygen atoms in total. The number of nitrogens with zero attached hydrogens (tertiary/aromatic N) is 3. The second-order valence-electron chi connectivity index (χ2n) is 6.15. The quantitative estimate of drug-likeness (QED) is 0.890. The molecule has 1 fully saturated rings. The molecule has 0 radical (unpaired) electrons. The first-order valence-corrected chi connectivity index (χ1v) is 8.42. The number of H-pyrrole nitrogens is 1. The summed E-state index contributed by atoms with van der Waals surface area (Å²) >= 11 is 0.